The van der Waals surface area contributed by atoms with Gasteiger partial charge in [-0.1, -0.05) is 48.5 Å². The second-order valence-electron chi connectivity index (χ2n) is 15.7. The highest BCUT2D eigenvalue weighted by Gasteiger charge is 2.23. The van der Waals surface area contributed by atoms with E-state index in [-0.39, 0.29) is 0 Å². The lowest BCUT2D eigenvalue weighted by molar-refractivity contribution is 0.171. The fraction of sp³-hybridized carbons (Fsp3) is 0.0741. The van der Waals surface area contributed by atoms with Gasteiger partial charge in [0.15, 0.2) is 34.2 Å². The minimum Gasteiger partial charge on any atom is -0.486 e. The Bertz CT molecular complexity index is 3320. The first kappa shape index (κ1) is 34.7. The van der Waals surface area contributed by atoms with Crippen molar-refractivity contribution in [2.75, 3.05) is 36.2 Å². The summed E-state index contributed by atoms with van der Waals surface area (Å²) < 4.78 is 37.4. The molecule has 0 radical (unpaired) electrons. The van der Waals surface area contributed by atoms with Gasteiger partial charge in [-0.25, -0.2) is 0 Å². The van der Waals surface area contributed by atoms with E-state index in [1.165, 1.54) is 0 Å². The Kier molecular flexibility index (Phi) is 7.69. The number of fused-ring (bicyclic) bond motifs is 13. The molecule has 8 heteroatoms. The van der Waals surface area contributed by atoms with Crippen molar-refractivity contribution in [2.45, 2.75) is 0 Å². The third-order valence-electron chi connectivity index (χ3n) is 12.1. The Morgan fingerprint density at radius 3 is 1.08 bits per heavy atom. The molecule has 8 nitrogen and oxygen atoms in total. The Balaban J connectivity index is 0.917. The molecule has 0 aliphatic carbocycles. The van der Waals surface area contributed by atoms with Gasteiger partial charge in [0.05, 0.1) is 11.4 Å². The number of anilines is 6. The molecule has 0 saturated heterocycles. The molecule has 0 amide bonds. The van der Waals surface area contributed by atoms with Crippen LogP contribution in [-0.4, -0.2) is 26.4 Å². The molecule has 0 N–H and O–H groups in total. The van der Waals surface area contributed by atoms with E-state index in [4.69, 9.17) is 27.8 Å². The normalized spacial score (nSPS) is 13.4. The van der Waals surface area contributed by atoms with E-state index in [2.05, 4.69) is 155 Å². The van der Waals surface area contributed by atoms with Gasteiger partial charge in [-0.15, -0.1) is 0 Å². The minimum atomic E-state index is 0.529. The Morgan fingerprint density at radius 1 is 0.274 bits per heavy atom. The second kappa shape index (κ2) is 13.7. The summed E-state index contributed by atoms with van der Waals surface area (Å²) >= 11 is 0. The lowest BCUT2D eigenvalue weighted by atomic mass is 10.0. The zero-order valence-corrected chi connectivity index (χ0v) is 33.3. The van der Waals surface area contributed by atoms with Crippen molar-refractivity contribution in [3.05, 3.63) is 170 Å². The van der Waals surface area contributed by atoms with Gasteiger partial charge < -0.3 is 37.6 Å². The Morgan fingerprint density at radius 2 is 0.629 bits per heavy atom. The molecular weight excluding hydrogens is 773 g/mol. The summed E-state index contributed by atoms with van der Waals surface area (Å²) in [5.41, 5.74) is 9.22. The number of benzene rings is 9. The first-order chi connectivity index (χ1) is 30.7. The molecule has 0 fully saturated rings. The molecule has 0 atom stereocenters. The Hall–Kier alpha value is -8.10. The molecule has 0 saturated carbocycles. The van der Waals surface area contributed by atoms with Crippen LogP contribution in [0.4, 0.5) is 34.1 Å². The maximum absolute atomic E-state index is 6.88. The molecule has 0 unspecified atom stereocenters. The average Bonchev–Trinajstić information content (AvgIpc) is 3.92. The van der Waals surface area contributed by atoms with Crippen LogP contribution in [0.2, 0.25) is 0 Å². The third-order valence-corrected chi connectivity index (χ3v) is 12.1. The first-order valence-corrected chi connectivity index (χ1v) is 20.9. The van der Waals surface area contributed by atoms with Crippen LogP contribution in [0.25, 0.3) is 65.4 Å². The second-order valence-corrected chi connectivity index (χ2v) is 15.7. The minimum absolute atomic E-state index is 0.529. The third kappa shape index (κ3) is 5.46. The number of hydrogen-bond donors (Lipinski definition) is 0. The maximum atomic E-state index is 6.88. The van der Waals surface area contributed by atoms with Gasteiger partial charge in [0.1, 0.15) is 37.6 Å². The van der Waals surface area contributed by atoms with Crippen molar-refractivity contribution >= 4 is 99.5 Å². The molecular formula is C54H36N2O6. The largest absolute Gasteiger partial charge is 0.486 e. The van der Waals surface area contributed by atoms with Crippen molar-refractivity contribution in [3.8, 4) is 23.0 Å². The number of ether oxygens (including phenoxy) is 4. The summed E-state index contributed by atoms with van der Waals surface area (Å²) in [4.78, 5) is 4.48. The van der Waals surface area contributed by atoms with E-state index < -0.39 is 0 Å². The standard InChI is InChI=1S/C54H36N2O6/c1-3-7-35(8-4-1)55(39-15-23-47-49(31-39)59-27-25-57-47)37-13-19-41-33(29-37)11-17-43-45-21-22-46-44-18-12-34-30-38(14-20-42(34)52(44)62-54(46)53(45)61-51(41)43)56(36-9-5-2-6-10-36)40-16-24-48-50(32-40)60-28-26-58-48/h1-24,29-32H,25-28H2. The molecule has 2 aromatic heterocycles. The average molecular weight is 809 g/mol. The van der Waals surface area contributed by atoms with E-state index in [0.717, 1.165) is 123 Å². The predicted octanol–water partition coefficient (Wildman–Crippen LogP) is 14.3. The smallest absolute Gasteiger partial charge is 0.178 e. The summed E-state index contributed by atoms with van der Waals surface area (Å²) in [7, 11) is 0. The van der Waals surface area contributed by atoms with E-state index in [1.807, 2.05) is 24.3 Å². The van der Waals surface area contributed by atoms with Crippen molar-refractivity contribution in [3.63, 3.8) is 0 Å². The van der Waals surface area contributed by atoms with E-state index in [0.29, 0.717) is 26.4 Å². The summed E-state index contributed by atoms with van der Waals surface area (Å²) in [6.07, 6.45) is 0. The molecule has 298 valence electrons. The molecule has 13 rings (SSSR count). The predicted molar refractivity (Wildman–Crippen MR) is 247 cm³/mol. The topological polar surface area (TPSA) is 69.7 Å². The molecule has 9 aromatic carbocycles. The summed E-state index contributed by atoms with van der Waals surface area (Å²) in [5, 5.41) is 8.31. The highest BCUT2D eigenvalue weighted by atomic mass is 16.6. The lowest BCUT2D eigenvalue weighted by Gasteiger charge is -2.27. The van der Waals surface area contributed by atoms with Crippen LogP contribution < -0.4 is 28.7 Å². The summed E-state index contributed by atoms with van der Waals surface area (Å²) in [6, 6.07) is 59.1. The number of nitrogens with zero attached hydrogens (tertiary/aromatic N) is 2. The molecule has 4 heterocycles. The molecule has 2 aliphatic heterocycles. The molecule has 2 aliphatic rings. The van der Waals surface area contributed by atoms with E-state index >= 15 is 0 Å². The first-order valence-electron chi connectivity index (χ1n) is 20.9. The van der Waals surface area contributed by atoms with Crippen LogP contribution in [0.5, 0.6) is 23.0 Å². The zero-order valence-electron chi connectivity index (χ0n) is 33.3. The van der Waals surface area contributed by atoms with Gasteiger partial charge in [-0.05, 0) is 120 Å². The van der Waals surface area contributed by atoms with Crippen LogP contribution in [0, 0.1) is 0 Å². The number of hydrogen-bond acceptors (Lipinski definition) is 8. The highest BCUT2D eigenvalue weighted by molar-refractivity contribution is 6.24. The lowest BCUT2D eigenvalue weighted by Crippen LogP contribution is -2.16. The van der Waals surface area contributed by atoms with Crippen molar-refractivity contribution in [2.24, 2.45) is 0 Å². The van der Waals surface area contributed by atoms with Gasteiger partial charge in [0.25, 0.3) is 0 Å². The molecule has 62 heavy (non-hydrogen) atoms. The number of furan rings is 2. The van der Waals surface area contributed by atoms with Crippen LogP contribution >= 0.6 is 0 Å². The van der Waals surface area contributed by atoms with Gasteiger partial charge in [-0.3, -0.25) is 0 Å². The molecule has 0 spiro atoms. The van der Waals surface area contributed by atoms with E-state index in [9.17, 15) is 0 Å². The van der Waals surface area contributed by atoms with Crippen LogP contribution in [0.3, 0.4) is 0 Å². The fourth-order valence-corrected chi connectivity index (χ4v) is 9.28. The van der Waals surface area contributed by atoms with Crippen LogP contribution in [0.1, 0.15) is 0 Å². The summed E-state index contributed by atoms with van der Waals surface area (Å²) in [6.45, 7) is 2.16. The molecule has 11 aromatic rings. The fourth-order valence-electron chi connectivity index (χ4n) is 9.28. The number of rotatable bonds is 6. The van der Waals surface area contributed by atoms with Crippen molar-refractivity contribution in [1.82, 2.24) is 0 Å². The SMILES string of the molecule is c1ccc(N(c2ccc3c(c2)OCCO3)c2ccc3c(ccc4c5ccc6c7ccc8cc(N(c9ccccc9)c9ccc%10c(c9)OCCO%10)ccc8c7oc6c5oc34)c2)cc1. The monoisotopic (exact) mass is 808 g/mol. The summed E-state index contributed by atoms with van der Waals surface area (Å²) in [5.74, 6) is 3.02. The zero-order chi connectivity index (χ0) is 40.7. The van der Waals surface area contributed by atoms with Gasteiger partial charge in [0, 0.05) is 67.2 Å². The number of para-hydroxylation sites is 2. The Labute approximate surface area is 355 Å². The van der Waals surface area contributed by atoms with Crippen LogP contribution in [0.15, 0.2) is 179 Å². The quantitative estimate of drug-likeness (QED) is 0.164. The van der Waals surface area contributed by atoms with Gasteiger partial charge >= 0.3 is 0 Å². The van der Waals surface area contributed by atoms with Gasteiger partial charge in [0.2, 0.25) is 0 Å². The van der Waals surface area contributed by atoms with Crippen molar-refractivity contribution in [1.29, 1.82) is 0 Å². The molecule has 0 bridgehead atoms. The van der Waals surface area contributed by atoms with E-state index in [1.54, 1.807) is 0 Å². The highest BCUT2D eigenvalue weighted by Crippen LogP contribution is 2.46. The van der Waals surface area contributed by atoms with Gasteiger partial charge in [-0.2, -0.15) is 0 Å². The van der Waals surface area contributed by atoms with Crippen LogP contribution in [-0.2, 0) is 0 Å². The maximum Gasteiger partial charge on any atom is 0.178 e. The van der Waals surface area contributed by atoms with Crippen molar-refractivity contribution < 1.29 is 27.8 Å².